The number of ether oxygens (including phenoxy) is 1. The van der Waals surface area contributed by atoms with E-state index in [1.807, 2.05) is 54.9 Å². The van der Waals surface area contributed by atoms with Gasteiger partial charge in [0.1, 0.15) is 23.4 Å². The first kappa shape index (κ1) is 23.0. The van der Waals surface area contributed by atoms with Crippen molar-refractivity contribution in [2.24, 2.45) is 0 Å². The second-order valence-corrected chi connectivity index (χ2v) is 9.03. The van der Waals surface area contributed by atoms with Gasteiger partial charge in [0.05, 0.1) is 0 Å². The van der Waals surface area contributed by atoms with Crippen LogP contribution < -0.4 is 15.4 Å². The molecule has 3 heterocycles. The van der Waals surface area contributed by atoms with Gasteiger partial charge in [0.25, 0.3) is 0 Å². The fourth-order valence-corrected chi connectivity index (χ4v) is 4.26. The van der Waals surface area contributed by atoms with Crippen LogP contribution in [0.3, 0.4) is 0 Å². The Kier molecular flexibility index (Phi) is 7.08. The molecule has 1 aliphatic heterocycles. The number of nitrogens with zero attached hydrogens (tertiary/aromatic N) is 3. The number of carbonyl (C=O) groups excluding carboxylic acids is 1. The second kappa shape index (κ2) is 10.2. The van der Waals surface area contributed by atoms with E-state index in [1.165, 1.54) is 0 Å². The minimum absolute atomic E-state index is 0.0834. The van der Waals surface area contributed by atoms with Crippen LogP contribution in [0.2, 0.25) is 0 Å². The Balaban J connectivity index is 1.41. The third-order valence-electron chi connectivity index (χ3n) is 6.07. The van der Waals surface area contributed by atoms with Gasteiger partial charge in [0, 0.05) is 53.4 Å². The monoisotopic (exact) mass is 447 g/mol. The quantitative estimate of drug-likeness (QED) is 0.522. The summed E-state index contributed by atoms with van der Waals surface area (Å²) in [6.07, 6.45) is 5.79. The lowest BCUT2D eigenvalue weighted by Gasteiger charge is -2.22. The van der Waals surface area contributed by atoms with Crippen molar-refractivity contribution >= 4 is 11.6 Å². The molecule has 2 aromatic heterocycles. The first-order valence-electron chi connectivity index (χ1n) is 11.7. The fraction of sp³-hybridized carbons (Fsp3) is 0.423. The van der Waals surface area contributed by atoms with Crippen molar-refractivity contribution in [3.8, 4) is 11.5 Å². The number of anilines is 1. The lowest BCUT2D eigenvalue weighted by atomic mass is 9.94. The summed E-state index contributed by atoms with van der Waals surface area (Å²) in [5.41, 5.74) is 2.79. The molecule has 2 N–H and O–H groups in total. The molecule has 1 saturated heterocycles. The summed E-state index contributed by atoms with van der Waals surface area (Å²) in [4.78, 5) is 21.9. The van der Waals surface area contributed by atoms with E-state index in [0.29, 0.717) is 5.92 Å². The number of pyridine rings is 1. The highest BCUT2D eigenvalue weighted by Crippen LogP contribution is 2.30. The lowest BCUT2D eigenvalue weighted by molar-refractivity contribution is -0.118. The third-order valence-corrected chi connectivity index (χ3v) is 6.07. The second-order valence-electron chi connectivity index (χ2n) is 9.03. The zero-order chi connectivity index (χ0) is 23.4. The Morgan fingerprint density at radius 3 is 2.55 bits per heavy atom. The van der Waals surface area contributed by atoms with E-state index < -0.39 is 0 Å². The first-order chi connectivity index (χ1) is 15.9. The van der Waals surface area contributed by atoms with Gasteiger partial charge in [-0.1, -0.05) is 13.8 Å². The number of aryl methyl sites for hydroxylation is 1. The Labute approximate surface area is 195 Å². The average Bonchev–Trinajstić information content (AvgIpc) is 3.30. The lowest BCUT2D eigenvalue weighted by Crippen LogP contribution is -2.27. The number of benzene rings is 1. The minimum Gasteiger partial charge on any atom is -0.457 e. The van der Waals surface area contributed by atoms with Crippen LogP contribution in [0, 0.1) is 6.92 Å². The molecule has 7 nitrogen and oxygen atoms in total. The summed E-state index contributed by atoms with van der Waals surface area (Å²) < 4.78 is 8.04. The van der Waals surface area contributed by atoms with Crippen LogP contribution in [0.15, 0.2) is 48.8 Å². The van der Waals surface area contributed by atoms with Crippen LogP contribution in [-0.2, 0) is 4.79 Å². The van der Waals surface area contributed by atoms with E-state index in [1.54, 1.807) is 6.20 Å². The van der Waals surface area contributed by atoms with E-state index in [0.717, 1.165) is 60.3 Å². The molecule has 1 unspecified atom stereocenters. The molecule has 1 fully saturated rings. The van der Waals surface area contributed by atoms with Crippen molar-refractivity contribution in [1.82, 2.24) is 19.9 Å². The van der Waals surface area contributed by atoms with Crippen molar-refractivity contribution in [2.45, 2.75) is 58.4 Å². The van der Waals surface area contributed by atoms with Gasteiger partial charge in [-0.05, 0) is 64.0 Å². The Bertz CT molecular complexity index is 1080. The van der Waals surface area contributed by atoms with E-state index in [-0.39, 0.29) is 17.9 Å². The minimum atomic E-state index is -0.353. The Hall–Kier alpha value is -3.19. The van der Waals surface area contributed by atoms with Crippen molar-refractivity contribution in [3.63, 3.8) is 0 Å². The summed E-state index contributed by atoms with van der Waals surface area (Å²) in [5.74, 6) is 3.05. The van der Waals surface area contributed by atoms with Crippen molar-refractivity contribution in [1.29, 1.82) is 0 Å². The highest BCUT2D eigenvalue weighted by Gasteiger charge is 2.20. The predicted octanol–water partition coefficient (Wildman–Crippen LogP) is 5.17. The number of rotatable bonds is 7. The van der Waals surface area contributed by atoms with E-state index in [2.05, 4.69) is 35.5 Å². The number of imidazole rings is 1. The smallest absolute Gasteiger partial charge is 0.247 e. The number of aromatic nitrogens is 3. The van der Waals surface area contributed by atoms with Crippen molar-refractivity contribution < 1.29 is 9.53 Å². The molecular weight excluding hydrogens is 414 g/mol. The first-order valence-corrected chi connectivity index (χ1v) is 11.7. The molecule has 0 bridgehead atoms. The van der Waals surface area contributed by atoms with Crippen LogP contribution in [0.1, 0.15) is 68.7 Å². The van der Waals surface area contributed by atoms with Crippen LogP contribution in [0.4, 0.5) is 5.69 Å². The molecule has 33 heavy (non-hydrogen) atoms. The summed E-state index contributed by atoms with van der Waals surface area (Å²) in [6.45, 7) is 10.1. The van der Waals surface area contributed by atoms with Crippen LogP contribution >= 0.6 is 0 Å². The highest BCUT2D eigenvalue weighted by molar-refractivity contribution is 5.93. The number of hydrogen-bond acceptors (Lipinski definition) is 5. The zero-order valence-corrected chi connectivity index (χ0v) is 19.8. The van der Waals surface area contributed by atoms with Crippen LogP contribution in [0.5, 0.6) is 11.5 Å². The van der Waals surface area contributed by atoms with Crippen LogP contribution in [0.25, 0.3) is 0 Å². The standard InChI is InChI=1S/C26H33N5O2/c1-17(2)25-28-13-14-31(25)19(4)26(32)30-21-5-7-22(8-6-21)33-23-15-18(3)29-24(16-23)20-9-11-27-12-10-20/h5-8,13-17,19-20,27H,9-12H2,1-4H3,(H,30,32). The molecular formula is C26H33N5O2. The number of carbonyl (C=O) groups is 1. The van der Waals surface area contributed by atoms with Gasteiger partial charge in [-0.3, -0.25) is 9.78 Å². The predicted molar refractivity (Wildman–Crippen MR) is 130 cm³/mol. The summed E-state index contributed by atoms with van der Waals surface area (Å²) in [6, 6.07) is 11.1. The molecule has 0 radical (unpaired) electrons. The molecule has 1 amide bonds. The molecule has 1 atom stereocenters. The zero-order valence-electron chi connectivity index (χ0n) is 19.8. The number of piperidine rings is 1. The fourth-order valence-electron chi connectivity index (χ4n) is 4.26. The Morgan fingerprint density at radius 2 is 1.85 bits per heavy atom. The summed E-state index contributed by atoms with van der Waals surface area (Å²) >= 11 is 0. The Morgan fingerprint density at radius 1 is 1.12 bits per heavy atom. The van der Waals surface area contributed by atoms with Gasteiger partial charge in [0.2, 0.25) is 5.91 Å². The van der Waals surface area contributed by atoms with Crippen molar-refractivity contribution in [3.05, 3.63) is 66.0 Å². The summed E-state index contributed by atoms with van der Waals surface area (Å²) in [7, 11) is 0. The van der Waals surface area contributed by atoms with Gasteiger partial charge in [0.15, 0.2) is 0 Å². The van der Waals surface area contributed by atoms with Gasteiger partial charge >= 0.3 is 0 Å². The third kappa shape index (κ3) is 5.60. The van der Waals surface area contributed by atoms with E-state index in [9.17, 15) is 4.79 Å². The topological polar surface area (TPSA) is 81.1 Å². The molecule has 0 saturated carbocycles. The van der Waals surface area contributed by atoms with Crippen molar-refractivity contribution in [2.75, 3.05) is 18.4 Å². The van der Waals surface area contributed by atoms with Gasteiger partial charge < -0.3 is 19.9 Å². The van der Waals surface area contributed by atoms with E-state index in [4.69, 9.17) is 9.72 Å². The maximum Gasteiger partial charge on any atom is 0.247 e. The average molecular weight is 448 g/mol. The number of amides is 1. The van der Waals surface area contributed by atoms with E-state index >= 15 is 0 Å². The molecule has 7 heteroatoms. The normalized spacial score (nSPS) is 15.4. The largest absolute Gasteiger partial charge is 0.457 e. The van der Waals surface area contributed by atoms with Crippen LogP contribution in [-0.4, -0.2) is 33.5 Å². The maximum absolute atomic E-state index is 12.8. The highest BCUT2D eigenvalue weighted by atomic mass is 16.5. The molecule has 174 valence electrons. The van der Waals surface area contributed by atoms with Gasteiger partial charge in [-0.2, -0.15) is 0 Å². The molecule has 3 aromatic rings. The molecule has 0 aliphatic carbocycles. The van der Waals surface area contributed by atoms with Gasteiger partial charge in [-0.15, -0.1) is 0 Å². The summed E-state index contributed by atoms with van der Waals surface area (Å²) in [5, 5.41) is 6.39. The van der Waals surface area contributed by atoms with Gasteiger partial charge in [-0.25, -0.2) is 4.98 Å². The molecule has 1 aromatic carbocycles. The maximum atomic E-state index is 12.8. The number of hydrogen-bond donors (Lipinski definition) is 2. The molecule has 1 aliphatic rings. The SMILES string of the molecule is Cc1cc(Oc2ccc(NC(=O)C(C)n3ccnc3C(C)C)cc2)cc(C2CCNCC2)n1. The molecule has 0 spiro atoms. The molecule has 4 rings (SSSR count). The number of nitrogens with one attached hydrogen (secondary N) is 2.